The zero-order chi connectivity index (χ0) is 20.5. The van der Waals surface area contributed by atoms with Gasteiger partial charge in [-0.1, -0.05) is 24.3 Å². The van der Waals surface area contributed by atoms with Crippen molar-refractivity contribution < 1.29 is 4.79 Å². The molecule has 1 fully saturated rings. The van der Waals surface area contributed by atoms with E-state index in [1.807, 2.05) is 12.5 Å². The first kappa shape index (κ1) is 24.2. The Morgan fingerprint density at radius 1 is 1.27 bits per heavy atom. The first-order chi connectivity index (χ1) is 14.2. The van der Waals surface area contributed by atoms with Crippen molar-refractivity contribution in [3.63, 3.8) is 0 Å². The smallest absolute Gasteiger partial charge is 0.220 e. The molecule has 8 heteroatoms. The highest BCUT2D eigenvalue weighted by Gasteiger charge is 2.23. The van der Waals surface area contributed by atoms with Gasteiger partial charge < -0.3 is 20.1 Å². The van der Waals surface area contributed by atoms with E-state index in [1.54, 1.807) is 13.2 Å². The number of carbonyl (C=O) groups is 1. The highest BCUT2D eigenvalue weighted by atomic mass is 127. The number of guanidine groups is 1. The van der Waals surface area contributed by atoms with Gasteiger partial charge in [-0.3, -0.25) is 4.79 Å². The standard InChI is InChI=1S/C22H32N6O.HI/c1-3-25-22(28-10-7-18(8-11-28)14-21(29)23-2)26-15-19-5-4-6-20(13-19)16-27-12-9-24-17-27;/h4-6,9,12-13,17-18H,3,7-8,10-11,14-16H2,1-2H3,(H,23,29)(H,25,26);1H. The molecule has 1 aromatic heterocycles. The Labute approximate surface area is 196 Å². The Morgan fingerprint density at radius 2 is 2.03 bits per heavy atom. The maximum absolute atomic E-state index is 11.6. The zero-order valence-corrected chi connectivity index (χ0v) is 20.2. The van der Waals surface area contributed by atoms with Gasteiger partial charge in [-0.15, -0.1) is 24.0 Å². The van der Waals surface area contributed by atoms with Crippen LogP contribution in [0.2, 0.25) is 0 Å². The number of nitrogens with zero attached hydrogens (tertiary/aromatic N) is 4. The van der Waals surface area contributed by atoms with Crippen molar-refractivity contribution in [2.24, 2.45) is 10.9 Å². The first-order valence-electron chi connectivity index (χ1n) is 10.4. The van der Waals surface area contributed by atoms with Crippen LogP contribution in [0.4, 0.5) is 0 Å². The average molecular weight is 524 g/mol. The second kappa shape index (κ2) is 12.6. The molecule has 0 spiro atoms. The van der Waals surface area contributed by atoms with Crippen molar-refractivity contribution in [2.75, 3.05) is 26.7 Å². The van der Waals surface area contributed by atoms with E-state index in [0.717, 1.165) is 45.0 Å². The number of aliphatic imine (C=N–C) groups is 1. The molecule has 2 aromatic rings. The van der Waals surface area contributed by atoms with Gasteiger partial charge in [0.15, 0.2) is 5.96 Å². The van der Waals surface area contributed by atoms with E-state index in [9.17, 15) is 4.79 Å². The third kappa shape index (κ3) is 7.30. The monoisotopic (exact) mass is 524 g/mol. The van der Waals surface area contributed by atoms with Crippen LogP contribution in [-0.2, 0) is 17.9 Å². The number of aromatic nitrogens is 2. The molecule has 30 heavy (non-hydrogen) atoms. The van der Waals surface area contributed by atoms with Crippen LogP contribution in [0.15, 0.2) is 48.0 Å². The van der Waals surface area contributed by atoms with Crippen molar-refractivity contribution in [1.29, 1.82) is 0 Å². The fraction of sp³-hybridized carbons (Fsp3) is 0.500. The molecule has 0 aliphatic carbocycles. The van der Waals surface area contributed by atoms with E-state index in [1.165, 1.54) is 11.1 Å². The van der Waals surface area contributed by atoms with Gasteiger partial charge in [-0.2, -0.15) is 0 Å². The van der Waals surface area contributed by atoms with Gasteiger partial charge in [0.25, 0.3) is 0 Å². The molecule has 0 saturated carbocycles. The van der Waals surface area contributed by atoms with Crippen molar-refractivity contribution >= 4 is 35.8 Å². The Hall–Kier alpha value is -2.10. The molecule has 0 unspecified atom stereocenters. The van der Waals surface area contributed by atoms with Crippen molar-refractivity contribution in [3.05, 3.63) is 54.1 Å². The zero-order valence-electron chi connectivity index (χ0n) is 17.9. The van der Waals surface area contributed by atoms with Gasteiger partial charge in [-0.05, 0) is 36.8 Å². The third-order valence-electron chi connectivity index (χ3n) is 5.33. The Bertz CT molecular complexity index is 800. The van der Waals surface area contributed by atoms with Gasteiger partial charge >= 0.3 is 0 Å². The topological polar surface area (TPSA) is 74.5 Å². The van der Waals surface area contributed by atoms with Crippen LogP contribution >= 0.6 is 24.0 Å². The van der Waals surface area contributed by atoms with E-state index in [0.29, 0.717) is 18.9 Å². The average Bonchev–Trinajstić information content (AvgIpc) is 3.25. The van der Waals surface area contributed by atoms with Gasteiger partial charge in [0.2, 0.25) is 5.91 Å². The Balaban J connectivity index is 0.00000320. The highest BCUT2D eigenvalue weighted by Crippen LogP contribution is 2.20. The molecule has 2 N–H and O–H groups in total. The van der Waals surface area contributed by atoms with Crippen LogP contribution in [0.5, 0.6) is 0 Å². The number of carbonyl (C=O) groups excluding carboxylic acids is 1. The van der Waals surface area contributed by atoms with Crippen molar-refractivity contribution in [1.82, 2.24) is 25.1 Å². The van der Waals surface area contributed by atoms with Crippen LogP contribution in [0.3, 0.4) is 0 Å². The summed E-state index contributed by atoms with van der Waals surface area (Å²) in [5.41, 5.74) is 2.45. The van der Waals surface area contributed by atoms with Crippen molar-refractivity contribution in [2.45, 2.75) is 39.3 Å². The molecule has 1 aromatic carbocycles. The molecule has 164 valence electrons. The Morgan fingerprint density at radius 3 is 2.70 bits per heavy atom. The minimum absolute atomic E-state index is 0. The summed E-state index contributed by atoms with van der Waals surface area (Å²) in [4.78, 5) is 22.9. The van der Waals surface area contributed by atoms with Gasteiger partial charge in [0.1, 0.15) is 0 Å². The van der Waals surface area contributed by atoms with Crippen LogP contribution in [0.1, 0.15) is 37.3 Å². The molecular weight excluding hydrogens is 491 g/mol. The summed E-state index contributed by atoms with van der Waals surface area (Å²) in [5, 5.41) is 6.15. The molecule has 3 rings (SSSR count). The summed E-state index contributed by atoms with van der Waals surface area (Å²) in [6, 6.07) is 8.56. The summed E-state index contributed by atoms with van der Waals surface area (Å²) in [6.07, 6.45) is 8.29. The lowest BCUT2D eigenvalue weighted by Crippen LogP contribution is -2.46. The predicted molar refractivity (Wildman–Crippen MR) is 131 cm³/mol. The minimum atomic E-state index is 0. The molecule has 7 nitrogen and oxygen atoms in total. The van der Waals surface area contributed by atoms with Crippen LogP contribution in [-0.4, -0.2) is 53.0 Å². The summed E-state index contributed by atoms with van der Waals surface area (Å²) < 4.78 is 2.06. The normalized spacial score (nSPS) is 14.9. The molecule has 0 bridgehead atoms. The van der Waals surface area contributed by atoms with Gasteiger partial charge in [0, 0.05) is 52.0 Å². The number of halogens is 1. The van der Waals surface area contributed by atoms with Gasteiger partial charge in [-0.25, -0.2) is 9.98 Å². The number of benzene rings is 1. The number of amides is 1. The first-order valence-corrected chi connectivity index (χ1v) is 10.4. The second-order valence-corrected chi connectivity index (χ2v) is 7.53. The molecule has 1 aliphatic rings. The third-order valence-corrected chi connectivity index (χ3v) is 5.33. The molecule has 1 amide bonds. The Kier molecular flexibility index (Phi) is 10.1. The molecule has 0 radical (unpaired) electrons. The summed E-state index contributed by atoms with van der Waals surface area (Å²) in [6.45, 7) is 6.29. The van der Waals surface area contributed by atoms with Crippen molar-refractivity contribution in [3.8, 4) is 0 Å². The van der Waals surface area contributed by atoms with Gasteiger partial charge in [0.05, 0.1) is 12.9 Å². The summed E-state index contributed by atoms with van der Waals surface area (Å²) >= 11 is 0. The minimum Gasteiger partial charge on any atom is -0.359 e. The van der Waals surface area contributed by atoms with E-state index in [2.05, 4.69) is 56.3 Å². The number of rotatable bonds is 7. The van der Waals surface area contributed by atoms with E-state index >= 15 is 0 Å². The van der Waals surface area contributed by atoms with E-state index in [4.69, 9.17) is 4.99 Å². The highest BCUT2D eigenvalue weighted by molar-refractivity contribution is 14.0. The molecule has 2 heterocycles. The lowest BCUT2D eigenvalue weighted by molar-refractivity contribution is -0.121. The second-order valence-electron chi connectivity index (χ2n) is 7.53. The van der Waals surface area contributed by atoms with Crippen LogP contribution < -0.4 is 10.6 Å². The van der Waals surface area contributed by atoms with Crippen LogP contribution in [0, 0.1) is 5.92 Å². The lowest BCUT2D eigenvalue weighted by Gasteiger charge is -2.34. The molecule has 1 saturated heterocycles. The molecule has 0 atom stereocenters. The lowest BCUT2D eigenvalue weighted by atomic mass is 9.93. The largest absolute Gasteiger partial charge is 0.359 e. The summed E-state index contributed by atoms with van der Waals surface area (Å²) in [7, 11) is 1.71. The SMILES string of the molecule is CCNC(=NCc1cccc(Cn2ccnc2)c1)N1CCC(CC(=O)NC)CC1.I. The number of hydrogen-bond donors (Lipinski definition) is 2. The number of hydrogen-bond acceptors (Lipinski definition) is 3. The van der Waals surface area contributed by atoms with E-state index in [-0.39, 0.29) is 29.9 Å². The maximum atomic E-state index is 11.6. The fourth-order valence-electron chi connectivity index (χ4n) is 3.72. The predicted octanol–water partition coefficient (Wildman–Crippen LogP) is 2.86. The number of imidazole rings is 1. The number of nitrogens with one attached hydrogen (secondary N) is 2. The fourth-order valence-corrected chi connectivity index (χ4v) is 3.72. The molecular formula is C22H33IN6O. The van der Waals surface area contributed by atoms with E-state index < -0.39 is 0 Å². The molecule has 1 aliphatic heterocycles. The van der Waals surface area contributed by atoms with Crippen LogP contribution in [0.25, 0.3) is 0 Å². The number of likely N-dealkylation sites (tertiary alicyclic amines) is 1. The number of piperidine rings is 1. The quantitative estimate of drug-likeness (QED) is 0.332. The summed E-state index contributed by atoms with van der Waals surface area (Å²) in [5.74, 6) is 1.57. The maximum Gasteiger partial charge on any atom is 0.220 e.